The van der Waals surface area contributed by atoms with Crippen LogP contribution in [0.15, 0.2) is 97.1 Å². The predicted octanol–water partition coefficient (Wildman–Crippen LogP) is 7.20. The maximum atomic E-state index is 9.70. The van der Waals surface area contributed by atoms with Crippen LogP contribution in [-0.2, 0) is 0 Å². The van der Waals surface area contributed by atoms with Gasteiger partial charge in [0.2, 0.25) is 0 Å². The Kier molecular flexibility index (Phi) is 6.64. The second-order valence-corrected chi connectivity index (χ2v) is 9.86. The van der Waals surface area contributed by atoms with E-state index in [2.05, 4.69) is 57.7 Å². The summed E-state index contributed by atoms with van der Waals surface area (Å²) in [6.45, 7) is 0. The van der Waals surface area contributed by atoms with E-state index in [-0.39, 0.29) is 24.2 Å². The maximum Gasteiger partial charge on any atom is 0.129 e. The molecule has 7 nitrogen and oxygen atoms in total. The highest BCUT2D eigenvalue weighted by atomic mass is 16.5. The SMILES string of the molecule is N#CC1CC(c2ccccc2)Nc2cc(Oc3ccc4c(c3)NC(c3ccccc3)CC(C#N)N4)ccc2N1. The fourth-order valence-corrected chi connectivity index (χ4v) is 5.24. The smallest absolute Gasteiger partial charge is 0.129 e. The van der Waals surface area contributed by atoms with E-state index in [4.69, 9.17) is 4.74 Å². The van der Waals surface area contributed by atoms with Crippen molar-refractivity contribution in [2.24, 2.45) is 0 Å². The topological polar surface area (TPSA) is 105 Å². The summed E-state index contributed by atoms with van der Waals surface area (Å²) >= 11 is 0. The first-order valence-electron chi connectivity index (χ1n) is 13.1. The highest BCUT2D eigenvalue weighted by Gasteiger charge is 2.25. The number of rotatable bonds is 4. The molecule has 0 saturated heterocycles. The van der Waals surface area contributed by atoms with Gasteiger partial charge in [0.05, 0.1) is 47.0 Å². The van der Waals surface area contributed by atoms with E-state index in [1.54, 1.807) is 0 Å². The number of nitriles is 2. The Labute approximate surface area is 228 Å². The number of ether oxygens (including phenoxy) is 1. The Bertz CT molecular complexity index is 1430. The van der Waals surface area contributed by atoms with Gasteiger partial charge in [-0.3, -0.25) is 0 Å². The first kappa shape index (κ1) is 24.2. The maximum absolute atomic E-state index is 9.70. The molecule has 0 aromatic heterocycles. The number of benzene rings is 4. The van der Waals surface area contributed by atoms with Crippen LogP contribution in [0.3, 0.4) is 0 Å². The van der Waals surface area contributed by atoms with Crippen molar-refractivity contribution in [3.8, 4) is 23.6 Å². The van der Waals surface area contributed by atoms with E-state index in [9.17, 15) is 10.5 Å². The third kappa shape index (κ3) is 5.30. The highest BCUT2D eigenvalue weighted by Crippen LogP contribution is 2.40. The van der Waals surface area contributed by atoms with Gasteiger partial charge in [0.1, 0.15) is 23.6 Å². The Balaban J connectivity index is 1.27. The van der Waals surface area contributed by atoms with Crippen LogP contribution >= 0.6 is 0 Å². The van der Waals surface area contributed by atoms with Crippen molar-refractivity contribution in [1.82, 2.24) is 0 Å². The summed E-state index contributed by atoms with van der Waals surface area (Å²) in [6.07, 6.45) is 1.28. The van der Waals surface area contributed by atoms with E-state index in [1.807, 2.05) is 72.8 Å². The van der Waals surface area contributed by atoms with Gasteiger partial charge in [0, 0.05) is 25.0 Å². The Morgan fingerprint density at radius 1 is 0.538 bits per heavy atom. The lowest BCUT2D eigenvalue weighted by Gasteiger charge is -2.20. The van der Waals surface area contributed by atoms with Gasteiger partial charge in [0.25, 0.3) is 0 Å². The molecular weight excluding hydrogens is 484 g/mol. The summed E-state index contributed by atoms with van der Waals surface area (Å²) < 4.78 is 6.31. The van der Waals surface area contributed by atoms with Gasteiger partial charge < -0.3 is 26.0 Å². The minimum atomic E-state index is -0.311. The van der Waals surface area contributed by atoms with Gasteiger partial charge in [0.15, 0.2) is 0 Å². The van der Waals surface area contributed by atoms with Crippen molar-refractivity contribution < 1.29 is 4.74 Å². The summed E-state index contributed by atoms with van der Waals surface area (Å²) in [5, 5.41) is 33.3. The summed E-state index contributed by atoms with van der Waals surface area (Å²) in [7, 11) is 0. The Morgan fingerprint density at radius 3 is 1.38 bits per heavy atom. The summed E-state index contributed by atoms with van der Waals surface area (Å²) in [6, 6.07) is 36.1. The van der Waals surface area contributed by atoms with Gasteiger partial charge in [-0.1, -0.05) is 60.7 Å². The Hall–Kier alpha value is -5.14. The molecule has 39 heavy (non-hydrogen) atoms. The molecule has 0 bridgehead atoms. The van der Waals surface area contributed by atoms with E-state index in [0.717, 1.165) is 33.9 Å². The number of fused-ring (bicyclic) bond motifs is 2. The van der Waals surface area contributed by atoms with Gasteiger partial charge in [-0.25, -0.2) is 0 Å². The van der Waals surface area contributed by atoms with E-state index in [0.29, 0.717) is 24.3 Å². The lowest BCUT2D eigenvalue weighted by Crippen LogP contribution is -2.19. The van der Waals surface area contributed by atoms with Gasteiger partial charge in [-0.15, -0.1) is 0 Å². The first-order chi connectivity index (χ1) is 19.2. The number of nitrogens with zero attached hydrogens (tertiary/aromatic N) is 2. The lowest BCUT2D eigenvalue weighted by atomic mass is 10.0. The fraction of sp³-hybridized carbons (Fsp3) is 0.188. The number of nitrogens with one attached hydrogen (secondary N) is 4. The van der Waals surface area contributed by atoms with Crippen molar-refractivity contribution in [3.63, 3.8) is 0 Å². The largest absolute Gasteiger partial charge is 0.457 e. The van der Waals surface area contributed by atoms with Crippen molar-refractivity contribution in [2.75, 3.05) is 21.3 Å². The minimum absolute atomic E-state index is 0.00869. The molecule has 192 valence electrons. The van der Waals surface area contributed by atoms with E-state index < -0.39 is 0 Å². The van der Waals surface area contributed by atoms with Crippen LogP contribution in [-0.4, -0.2) is 12.1 Å². The molecule has 0 radical (unpaired) electrons. The van der Waals surface area contributed by atoms with Crippen LogP contribution in [0.5, 0.6) is 11.5 Å². The molecule has 0 fully saturated rings. The number of hydrogen-bond donors (Lipinski definition) is 4. The fourth-order valence-electron chi connectivity index (χ4n) is 5.24. The highest BCUT2D eigenvalue weighted by molar-refractivity contribution is 5.75. The molecule has 0 amide bonds. The average Bonchev–Trinajstić information content (AvgIpc) is 3.29. The summed E-state index contributed by atoms with van der Waals surface area (Å²) in [5.41, 5.74) is 5.77. The third-order valence-corrected chi connectivity index (χ3v) is 7.20. The van der Waals surface area contributed by atoms with Crippen LogP contribution in [0.4, 0.5) is 22.7 Å². The van der Waals surface area contributed by atoms with Crippen molar-refractivity contribution in [2.45, 2.75) is 37.0 Å². The molecule has 0 spiro atoms. The van der Waals surface area contributed by atoms with Crippen LogP contribution in [0.25, 0.3) is 0 Å². The zero-order valence-corrected chi connectivity index (χ0v) is 21.3. The minimum Gasteiger partial charge on any atom is -0.457 e. The van der Waals surface area contributed by atoms with Crippen LogP contribution < -0.4 is 26.0 Å². The normalized spacial score (nSPS) is 21.4. The molecule has 2 aliphatic rings. The molecule has 4 aromatic rings. The molecule has 4 N–H and O–H groups in total. The number of anilines is 4. The molecular formula is C32H28N6O. The average molecular weight is 513 g/mol. The van der Waals surface area contributed by atoms with Crippen molar-refractivity contribution >= 4 is 22.7 Å². The molecule has 4 aromatic carbocycles. The van der Waals surface area contributed by atoms with Crippen molar-refractivity contribution in [3.05, 3.63) is 108 Å². The van der Waals surface area contributed by atoms with Gasteiger partial charge in [-0.05, 0) is 35.4 Å². The summed E-state index contributed by atoms with van der Waals surface area (Å²) in [4.78, 5) is 0. The summed E-state index contributed by atoms with van der Waals surface area (Å²) in [5.74, 6) is 1.36. The first-order valence-corrected chi connectivity index (χ1v) is 13.1. The zero-order valence-electron chi connectivity index (χ0n) is 21.3. The van der Waals surface area contributed by atoms with Gasteiger partial charge >= 0.3 is 0 Å². The lowest BCUT2D eigenvalue weighted by molar-refractivity contribution is 0.483. The third-order valence-electron chi connectivity index (χ3n) is 7.20. The van der Waals surface area contributed by atoms with Gasteiger partial charge in [-0.2, -0.15) is 10.5 Å². The Morgan fingerprint density at radius 2 is 0.974 bits per heavy atom. The number of hydrogen-bond acceptors (Lipinski definition) is 7. The molecule has 6 rings (SSSR count). The molecule has 4 atom stereocenters. The molecule has 7 heteroatoms. The predicted molar refractivity (Wildman–Crippen MR) is 154 cm³/mol. The van der Waals surface area contributed by atoms with Crippen LogP contribution in [0.2, 0.25) is 0 Å². The second kappa shape index (κ2) is 10.7. The molecule has 0 saturated carbocycles. The van der Waals surface area contributed by atoms with Crippen LogP contribution in [0, 0.1) is 22.7 Å². The second-order valence-electron chi connectivity index (χ2n) is 9.86. The quantitative estimate of drug-likeness (QED) is 0.229. The molecule has 2 heterocycles. The molecule has 0 aliphatic carbocycles. The van der Waals surface area contributed by atoms with E-state index in [1.165, 1.54) is 0 Å². The monoisotopic (exact) mass is 512 g/mol. The molecule has 2 aliphatic heterocycles. The standard InChI is InChI=1S/C32H28N6O/c33-19-23-15-29(21-7-3-1-4-8-21)37-31-17-25(11-13-27(31)35-23)39-26-12-14-28-32(18-26)38-30(16-24(20-34)36-28)22-9-5-2-6-10-22/h1-14,17-18,23-24,29-30,35-38H,15-16H2. The van der Waals surface area contributed by atoms with Crippen molar-refractivity contribution in [1.29, 1.82) is 10.5 Å². The van der Waals surface area contributed by atoms with E-state index >= 15 is 0 Å². The van der Waals surface area contributed by atoms with Crippen LogP contribution in [0.1, 0.15) is 36.1 Å². The molecule has 4 unspecified atom stereocenters. The zero-order chi connectivity index (χ0) is 26.6.